The average molecular weight is 214 g/mol. The lowest BCUT2D eigenvalue weighted by Crippen LogP contribution is -2.02. The Bertz CT molecular complexity index is 205. The van der Waals surface area contributed by atoms with Gasteiger partial charge in [0, 0.05) is 5.33 Å². The van der Waals surface area contributed by atoms with Crippen LogP contribution in [0.15, 0.2) is 24.3 Å². The standard InChI is InChI=1S/C9H12BrN/c10-7-9-3-1-8(2-4-9)5-6-11/h1-4H,5-7,11H2. The highest BCUT2D eigenvalue weighted by Crippen LogP contribution is 2.07. The Kier molecular flexibility index (Phi) is 3.60. The summed E-state index contributed by atoms with van der Waals surface area (Å²) in [4.78, 5) is 0. The third-order valence-electron chi connectivity index (χ3n) is 1.61. The van der Waals surface area contributed by atoms with Crippen LogP contribution in [-0.2, 0) is 11.8 Å². The van der Waals surface area contributed by atoms with Crippen molar-refractivity contribution in [2.75, 3.05) is 6.54 Å². The van der Waals surface area contributed by atoms with Crippen LogP contribution < -0.4 is 5.73 Å². The van der Waals surface area contributed by atoms with Crippen LogP contribution in [0.4, 0.5) is 0 Å². The van der Waals surface area contributed by atoms with Gasteiger partial charge in [-0.2, -0.15) is 0 Å². The summed E-state index contributed by atoms with van der Waals surface area (Å²) in [7, 11) is 0. The number of hydrogen-bond acceptors (Lipinski definition) is 1. The molecule has 0 fully saturated rings. The molecule has 0 bridgehead atoms. The summed E-state index contributed by atoms with van der Waals surface area (Å²) in [5, 5.41) is 0.926. The van der Waals surface area contributed by atoms with E-state index in [-0.39, 0.29) is 0 Å². The van der Waals surface area contributed by atoms with Gasteiger partial charge in [0.1, 0.15) is 0 Å². The number of hydrogen-bond donors (Lipinski definition) is 1. The number of halogens is 1. The number of benzene rings is 1. The lowest BCUT2D eigenvalue weighted by Gasteiger charge is -1.98. The molecule has 11 heavy (non-hydrogen) atoms. The Morgan fingerprint density at radius 1 is 1.09 bits per heavy atom. The zero-order chi connectivity index (χ0) is 8.10. The molecule has 0 spiro atoms. The minimum Gasteiger partial charge on any atom is -0.330 e. The van der Waals surface area contributed by atoms with Crippen LogP contribution in [0, 0.1) is 0 Å². The summed E-state index contributed by atoms with van der Waals surface area (Å²) in [6.07, 6.45) is 0.975. The highest BCUT2D eigenvalue weighted by Gasteiger charge is 1.91. The Morgan fingerprint density at radius 2 is 1.64 bits per heavy atom. The van der Waals surface area contributed by atoms with Crippen LogP contribution in [0.2, 0.25) is 0 Å². The van der Waals surface area contributed by atoms with Gasteiger partial charge in [-0.15, -0.1) is 0 Å². The van der Waals surface area contributed by atoms with Crippen molar-refractivity contribution in [2.24, 2.45) is 5.73 Å². The van der Waals surface area contributed by atoms with E-state index in [9.17, 15) is 0 Å². The zero-order valence-electron chi connectivity index (χ0n) is 6.39. The second-order valence-electron chi connectivity index (χ2n) is 2.49. The minimum absolute atomic E-state index is 0.730. The zero-order valence-corrected chi connectivity index (χ0v) is 7.97. The molecule has 0 saturated carbocycles. The SMILES string of the molecule is NCCc1ccc(CBr)cc1. The van der Waals surface area contributed by atoms with Gasteiger partial charge in [0.15, 0.2) is 0 Å². The predicted octanol–water partition coefficient (Wildman–Crippen LogP) is 2.08. The van der Waals surface area contributed by atoms with E-state index in [4.69, 9.17) is 5.73 Å². The molecule has 0 aromatic heterocycles. The quantitative estimate of drug-likeness (QED) is 0.766. The molecular formula is C9H12BrN. The first-order chi connectivity index (χ1) is 5.36. The van der Waals surface area contributed by atoms with Gasteiger partial charge in [-0.05, 0) is 24.1 Å². The van der Waals surface area contributed by atoms with Crippen LogP contribution in [0.5, 0.6) is 0 Å². The molecule has 0 aliphatic rings. The van der Waals surface area contributed by atoms with Gasteiger partial charge in [0.2, 0.25) is 0 Å². The Labute approximate surface area is 75.7 Å². The van der Waals surface area contributed by atoms with Crippen molar-refractivity contribution in [3.63, 3.8) is 0 Å². The second-order valence-corrected chi connectivity index (χ2v) is 3.05. The lowest BCUT2D eigenvalue weighted by atomic mass is 10.1. The molecule has 1 nitrogen and oxygen atoms in total. The Balaban J connectivity index is 2.66. The minimum atomic E-state index is 0.730. The first-order valence-electron chi connectivity index (χ1n) is 3.70. The van der Waals surface area contributed by atoms with Gasteiger partial charge >= 0.3 is 0 Å². The molecule has 2 N–H and O–H groups in total. The summed E-state index contributed by atoms with van der Waals surface area (Å²) in [6.45, 7) is 0.730. The molecule has 1 rings (SSSR count). The largest absolute Gasteiger partial charge is 0.330 e. The summed E-state index contributed by atoms with van der Waals surface area (Å²) >= 11 is 3.40. The fourth-order valence-corrected chi connectivity index (χ4v) is 1.34. The van der Waals surface area contributed by atoms with Crippen molar-refractivity contribution in [3.05, 3.63) is 35.4 Å². The summed E-state index contributed by atoms with van der Waals surface area (Å²) in [5.74, 6) is 0. The monoisotopic (exact) mass is 213 g/mol. The summed E-state index contributed by atoms with van der Waals surface area (Å²) < 4.78 is 0. The van der Waals surface area contributed by atoms with Gasteiger partial charge in [-0.1, -0.05) is 40.2 Å². The second kappa shape index (κ2) is 4.52. The van der Waals surface area contributed by atoms with E-state index in [0.29, 0.717) is 0 Å². The fraction of sp³-hybridized carbons (Fsp3) is 0.333. The normalized spacial score (nSPS) is 10.0. The average Bonchev–Trinajstić information content (AvgIpc) is 2.07. The third kappa shape index (κ3) is 2.64. The van der Waals surface area contributed by atoms with Crippen molar-refractivity contribution in [3.8, 4) is 0 Å². The van der Waals surface area contributed by atoms with Gasteiger partial charge in [-0.3, -0.25) is 0 Å². The molecule has 2 heteroatoms. The molecule has 0 amide bonds. The Hall–Kier alpha value is -0.340. The molecule has 1 aromatic rings. The molecule has 1 aromatic carbocycles. The molecular weight excluding hydrogens is 202 g/mol. The van der Waals surface area contributed by atoms with Crippen molar-refractivity contribution in [1.29, 1.82) is 0 Å². The number of alkyl halides is 1. The molecule has 0 radical (unpaired) electrons. The molecule has 0 aliphatic carbocycles. The van der Waals surface area contributed by atoms with E-state index >= 15 is 0 Å². The van der Waals surface area contributed by atoms with Crippen molar-refractivity contribution < 1.29 is 0 Å². The van der Waals surface area contributed by atoms with Crippen LogP contribution in [0.1, 0.15) is 11.1 Å². The van der Waals surface area contributed by atoms with E-state index in [1.54, 1.807) is 0 Å². The van der Waals surface area contributed by atoms with Crippen molar-refractivity contribution >= 4 is 15.9 Å². The highest BCUT2D eigenvalue weighted by molar-refractivity contribution is 9.08. The third-order valence-corrected chi connectivity index (χ3v) is 2.26. The van der Waals surface area contributed by atoms with Gasteiger partial charge in [0.05, 0.1) is 0 Å². The van der Waals surface area contributed by atoms with Gasteiger partial charge in [0.25, 0.3) is 0 Å². The molecule has 0 saturated heterocycles. The Morgan fingerprint density at radius 3 is 2.09 bits per heavy atom. The predicted molar refractivity (Wildman–Crippen MR) is 51.8 cm³/mol. The topological polar surface area (TPSA) is 26.0 Å². The summed E-state index contributed by atoms with van der Waals surface area (Å²) in [6, 6.07) is 8.51. The maximum absolute atomic E-state index is 5.42. The van der Waals surface area contributed by atoms with E-state index in [0.717, 1.165) is 18.3 Å². The first kappa shape index (κ1) is 8.75. The molecule has 0 heterocycles. The van der Waals surface area contributed by atoms with Crippen LogP contribution in [0.3, 0.4) is 0 Å². The summed E-state index contributed by atoms with van der Waals surface area (Å²) in [5.41, 5.74) is 8.05. The van der Waals surface area contributed by atoms with Crippen LogP contribution in [0.25, 0.3) is 0 Å². The van der Waals surface area contributed by atoms with Gasteiger partial charge < -0.3 is 5.73 Å². The van der Waals surface area contributed by atoms with E-state index in [1.807, 2.05) is 0 Å². The number of rotatable bonds is 3. The van der Waals surface area contributed by atoms with Gasteiger partial charge in [-0.25, -0.2) is 0 Å². The maximum Gasteiger partial charge on any atom is 0.0283 e. The molecule has 0 atom stereocenters. The van der Waals surface area contributed by atoms with E-state index < -0.39 is 0 Å². The van der Waals surface area contributed by atoms with Crippen molar-refractivity contribution in [1.82, 2.24) is 0 Å². The fourth-order valence-electron chi connectivity index (χ4n) is 0.962. The van der Waals surface area contributed by atoms with Crippen LogP contribution in [-0.4, -0.2) is 6.54 Å². The molecule has 60 valence electrons. The maximum atomic E-state index is 5.42. The molecule has 0 unspecified atom stereocenters. The van der Waals surface area contributed by atoms with Crippen LogP contribution >= 0.6 is 15.9 Å². The van der Waals surface area contributed by atoms with E-state index in [1.165, 1.54) is 11.1 Å². The first-order valence-corrected chi connectivity index (χ1v) is 4.83. The molecule has 0 aliphatic heterocycles. The van der Waals surface area contributed by atoms with E-state index in [2.05, 4.69) is 40.2 Å². The smallest absolute Gasteiger partial charge is 0.0283 e. The lowest BCUT2D eigenvalue weighted by molar-refractivity contribution is 0.968. The number of nitrogens with two attached hydrogens (primary N) is 1. The highest BCUT2D eigenvalue weighted by atomic mass is 79.9. The van der Waals surface area contributed by atoms with Crippen molar-refractivity contribution in [2.45, 2.75) is 11.8 Å².